The van der Waals surface area contributed by atoms with Crippen LogP contribution < -0.4 is 0 Å². The van der Waals surface area contributed by atoms with E-state index in [1.165, 1.54) is 12.4 Å². The van der Waals surface area contributed by atoms with Crippen LogP contribution in [-0.2, 0) is 0 Å². The zero-order chi connectivity index (χ0) is 11.5. The highest BCUT2D eigenvalue weighted by Gasteiger charge is 2.17. The fourth-order valence-corrected chi connectivity index (χ4v) is 2.06. The molecule has 0 spiro atoms. The lowest BCUT2D eigenvalue weighted by molar-refractivity contribution is 0.220. The van der Waals surface area contributed by atoms with Gasteiger partial charge in [0.2, 0.25) is 0 Å². The highest BCUT2D eigenvalue weighted by atomic mass is 35.5. The van der Waals surface area contributed by atoms with Crippen LogP contribution >= 0.6 is 23.2 Å². The molecule has 0 bridgehead atoms. The molecule has 2 nitrogen and oxygen atoms in total. The fraction of sp³-hybridized carbons (Fsp3) is 0.0833. The second-order valence-corrected chi connectivity index (χ2v) is 4.14. The summed E-state index contributed by atoms with van der Waals surface area (Å²) in [6.45, 7) is 0. The van der Waals surface area contributed by atoms with E-state index >= 15 is 0 Å². The molecule has 1 aromatic carbocycles. The van der Waals surface area contributed by atoms with Crippen LogP contribution in [-0.4, -0.2) is 10.1 Å². The average Bonchev–Trinajstić information content (AvgIpc) is 2.30. The van der Waals surface area contributed by atoms with Crippen molar-refractivity contribution in [1.29, 1.82) is 0 Å². The predicted octanol–water partition coefficient (Wildman–Crippen LogP) is 3.47. The molecule has 0 radical (unpaired) electrons. The molecular formula is C12H9Cl2NO. The Morgan fingerprint density at radius 2 is 1.56 bits per heavy atom. The molecule has 1 heterocycles. The van der Waals surface area contributed by atoms with E-state index in [1.54, 1.807) is 0 Å². The smallest absolute Gasteiger partial charge is 0.107 e. The van der Waals surface area contributed by atoms with Crippen molar-refractivity contribution in [2.75, 3.05) is 0 Å². The summed E-state index contributed by atoms with van der Waals surface area (Å²) in [5, 5.41) is 10.9. The van der Waals surface area contributed by atoms with Crippen LogP contribution in [0.3, 0.4) is 0 Å². The molecule has 1 aromatic heterocycles. The highest BCUT2D eigenvalue weighted by Crippen LogP contribution is 2.32. The topological polar surface area (TPSA) is 33.1 Å². The van der Waals surface area contributed by atoms with Crippen LogP contribution in [0.15, 0.2) is 42.7 Å². The minimum Gasteiger partial charge on any atom is -0.384 e. The van der Waals surface area contributed by atoms with Gasteiger partial charge in [0.05, 0.1) is 10.0 Å². The number of aliphatic hydroxyl groups excluding tert-OH is 1. The fourth-order valence-electron chi connectivity index (χ4n) is 1.48. The first-order chi connectivity index (χ1) is 7.70. The Labute approximate surface area is 103 Å². The molecule has 2 aromatic rings. The lowest BCUT2D eigenvalue weighted by atomic mass is 10.0. The van der Waals surface area contributed by atoms with Crippen molar-refractivity contribution in [3.8, 4) is 0 Å². The molecule has 0 amide bonds. The molecule has 0 saturated carbocycles. The van der Waals surface area contributed by atoms with Crippen LogP contribution in [0.4, 0.5) is 0 Å². The Morgan fingerprint density at radius 3 is 2.12 bits per heavy atom. The highest BCUT2D eigenvalue weighted by molar-refractivity contribution is 6.35. The molecule has 0 fully saturated rings. The average molecular weight is 254 g/mol. The van der Waals surface area contributed by atoms with Crippen molar-refractivity contribution >= 4 is 23.2 Å². The number of benzene rings is 1. The third-order valence-electron chi connectivity index (χ3n) is 2.28. The largest absolute Gasteiger partial charge is 0.384 e. The quantitative estimate of drug-likeness (QED) is 0.890. The first kappa shape index (κ1) is 11.4. The van der Waals surface area contributed by atoms with Gasteiger partial charge in [0.1, 0.15) is 6.10 Å². The first-order valence-electron chi connectivity index (χ1n) is 4.72. The summed E-state index contributed by atoms with van der Waals surface area (Å²) in [6, 6.07) is 9.21. The van der Waals surface area contributed by atoms with Crippen LogP contribution in [0.2, 0.25) is 10.0 Å². The van der Waals surface area contributed by atoms with Crippen LogP contribution in [0.25, 0.3) is 0 Å². The Morgan fingerprint density at radius 1 is 1.00 bits per heavy atom. The van der Waals surface area contributed by atoms with E-state index in [-0.39, 0.29) is 0 Å². The Bertz CT molecular complexity index is 467. The number of hydrogen-bond donors (Lipinski definition) is 1. The number of hydrogen-bond acceptors (Lipinski definition) is 2. The molecule has 0 aliphatic rings. The SMILES string of the molecule is O[C@H](c1ccccc1)c1c(Cl)cncc1Cl. The second kappa shape index (κ2) is 4.83. The lowest BCUT2D eigenvalue weighted by Crippen LogP contribution is -2.01. The van der Waals surface area contributed by atoms with Gasteiger partial charge in [-0.2, -0.15) is 0 Å². The molecule has 0 aliphatic carbocycles. The maximum Gasteiger partial charge on any atom is 0.107 e. The van der Waals surface area contributed by atoms with E-state index in [4.69, 9.17) is 23.2 Å². The maximum absolute atomic E-state index is 10.2. The van der Waals surface area contributed by atoms with Gasteiger partial charge in [0, 0.05) is 18.0 Å². The molecule has 16 heavy (non-hydrogen) atoms. The number of rotatable bonds is 2. The van der Waals surface area contributed by atoms with Crippen molar-refractivity contribution in [1.82, 2.24) is 4.98 Å². The van der Waals surface area contributed by atoms with Gasteiger partial charge in [-0.1, -0.05) is 53.5 Å². The maximum atomic E-state index is 10.2. The molecule has 82 valence electrons. The first-order valence-corrected chi connectivity index (χ1v) is 5.47. The van der Waals surface area contributed by atoms with Crippen LogP contribution in [0, 0.1) is 0 Å². The van der Waals surface area contributed by atoms with E-state index in [0.29, 0.717) is 15.6 Å². The van der Waals surface area contributed by atoms with Gasteiger partial charge >= 0.3 is 0 Å². The van der Waals surface area contributed by atoms with Gasteiger partial charge in [0.15, 0.2) is 0 Å². The van der Waals surface area contributed by atoms with Crippen LogP contribution in [0.5, 0.6) is 0 Å². The summed E-state index contributed by atoms with van der Waals surface area (Å²) >= 11 is 11.9. The van der Waals surface area contributed by atoms with Crippen molar-refractivity contribution in [2.45, 2.75) is 6.10 Å². The van der Waals surface area contributed by atoms with Gasteiger partial charge in [-0.3, -0.25) is 4.98 Å². The molecule has 0 unspecified atom stereocenters. The van der Waals surface area contributed by atoms with Gasteiger partial charge in [-0.05, 0) is 5.56 Å². The van der Waals surface area contributed by atoms with E-state index in [1.807, 2.05) is 30.3 Å². The normalized spacial score (nSPS) is 12.4. The predicted molar refractivity (Wildman–Crippen MR) is 64.8 cm³/mol. The van der Waals surface area contributed by atoms with Crippen molar-refractivity contribution in [2.24, 2.45) is 0 Å². The minimum absolute atomic E-state index is 0.365. The lowest BCUT2D eigenvalue weighted by Gasteiger charge is -2.14. The summed E-state index contributed by atoms with van der Waals surface area (Å²) in [5.74, 6) is 0. The zero-order valence-corrected chi connectivity index (χ0v) is 9.78. The third kappa shape index (κ3) is 2.19. The Hall–Kier alpha value is -1.09. The molecule has 2 rings (SSSR count). The van der Waals surface area contributed by atoms with Crippen molar-refractivity contribution in [3.05, 3.63) is 63.9 Å². The third-order valence-corrected chi connectivity index (χ3v) is 2.88. The standard InChI is InChI=1S/C12H9Cl2NO/c13-9-6-15-7-10(14)11(9)12(16)8-4-2-1-3-5-8/h1-7,12,16H/t12-/m1/s1. The van der Waals surface area contributed by atoms with Gasteiger partial charge in [0.25, 0.3) is 0 Å². The molecular weight excluding hydrogens is 245 g/mol. The number of aromatic nitrogens is 1. The Kier molecular flexibility index (Phi) is 3.44. The number of aliphatic hydroxyl groups is 1. The van der Waals surface area contributed by atoms with E-state index in [0.717, 1.165) is 5.56 Å². The van der Waals surface area contributed by atoms with Gasteiger partial charge < -0.3 is 5.11 Å². The van der Waals surface area contributed by atoms with Crippen molar-refractivity contribution in [3.63, 3.8) is 0 Å². The summed E-state index contributed by atoms with van der Waals surface area (Å²) in [5.41, 5.74) is 1.24. The van der Waals surface area contributed by atoms with E-state index < -0.39 is 6.10 Å². The van der Waals surface area contributed by atoms with Crippen LogP contribution in [0.1, 0.15) is 17.2 Å². The molecule has 4 heteroatoms. The molecule has 0 aliphatic heterocycles. The van der Waals surface area contributed by atoms with E-state index in [2.05, 4.69) is 4.98 Å². The Balaban J connectivity index is 2.46. The minimum atomic E-state index is -0.829. The molecule has 1 N–H and O–H groups in total. The summed E-state index contributed by atoms with van der Waals surface area (Å²) < 4.78 is 0. The molecule has 0 saturated heterocycles. The monoisotopic (exact) mass is 253 g/mol. The van der Waals surface area contributed by atoms with Crippen molar-refractivity contribution < 1.29 is 5.11 Å². The summed E-state index contributed by atoms with van der Waals surface area (Å²) in [7, 11) is 0. The van der Waals surface area contributed by atoms with E-state index in [9.17, 15) is 5.11 Å². The number of nitrogens with zero attached hydrogens (tertiary/aromatic N) is 1. The second-order valence-electron chi connectivity index (χ2n) is 3.33. The van der Waals surface area contributed by atoms with Gasteiger partial charge in [-0.15, -0.1) is 0 Å². The summed E-state index contributed by atoms with van der Waals surface area (Å²) in [6.07, 6.45) is 2.10. The summed E-state index contributed by atoms with van der Waals surface area (Å²) in [4.78, 5) is 3.85. The molecule has 1 atom stereocenters. The zero-order valence-electron chi connectivity index (χ0n) is 8.27. The number of pyridine rings is 1. The number of halogens is 2. The van der Waals surface area contributed by atoms with Gasteiger partial charge in [-0.25, -0.2) is 0 Å².